The Morgan fingerprint density at radius 3 is 2.62 bits per heavy atom. The van der Waals surface area contributed by atoms with E-state index in [0.717, 1.165) is 38.0 Å². The molecular weight excluding hydrogens is 298 g/mol. The van der Waals surface area contributed by atoms with Gasteiger partial charge in [-0.25, -0.2) is 0 Å². The number of aromatic nitrogens is 1. The van der Waals surface area contributed by atoms with E-state index in [0.29, 0.717) is 12.2 Å². The van der Waals surface area contributed by atoms with Crippen molar-refractivity contribution in [1.29, 1.82) is 0 Å². The smallest absolute Gasteiger partial charge is 0.269 e. The van der Waals surface area contributed by atoms with Crippen LogP contribution in [0.2, 0.25) is 0 Å². The zero-order valence-corrected chi connectivity index (χ0v) is 14.7. The number of nitrogens with one attached hydrogen (secondary N) is 1. The first kappa shape index (κ1) is 18.0. The standard InChI is InChI=1S/C20H27N3O/c1-3-5-9-13-22-20(24)19-15-18(12-14-21-19)23(4-2)16-17-10-7-6-8-11-17/h6-8,10-12,14-15H,3-5,9,13,16H2,1-2H3,(H,22,24). The maximum absolute atomic E-state index is 12.2. The van der Waals surface area contributed by atoms with Gasteiger partial charge in [-0.05, 0) is 31.0 Å². The summed E-state index contributed by atoms with van der Waals surface area (Å²) in [6, 6.07) is 14.2. The minimum absolute atomic E-state index is 0.0938. The molecule has 0 fully saturated rings. The molecule has 4 heteroatoms. The summed E-state index contributed by atoms with van der Waals surface area (Å²) >= 11 is 0. The van der Waals surface area contributed by atoms with Gasteiger partial charge in [-0.2, -0.15) is 0 Å². The Kier molecular flexibility index (Phi) is 7.27. The first-order chi connectivity index (χ1) is 11.7. The Morgan fingerprint density at radius 2 is 1.92 bits per heavy atom. The van der Waals surface area contributed by atoms with Gasteiger partial charge in [0.2, 0.25) is 0 Å². The molecule has 0 aliphatic heterocycles. The molecule has 0 saturated carbocycles. The summed E-state index contributed by atoms with van der Waals surface area (Å²) in [7, 11) is 0. The first-order valence-electron chi connectivity index (χ1n) is 8.77. The number of rotatable bonds is 9. The van der Waals surface area contributed by atoms with Crippen molar-refractivity contribution in [3.8, 4) is 0 Å². The lowest BCUT2D eigenvalue weighted by Crippen LogP contribution is -2.26. The van der Waals surface area contributed by atoms with E-state index in [2.05, 4.69) is 41.2 Å². The number of hydrogen-bond donors (Lipinski definition) is 1. The number of pyridine rings is 1. The highest BCUT2D eigenvalue weighted by molar-refractivity contribution is 5.93. The second-order valence-corrected chi connectivity index (χ2v) is 5.86. The zero-order chi connectivity index (χ0) is 17.2. The Morgan fingerprint density at radius 1 is 1.12 bits per heavy atom. The van der Waals surface area contributed by atoms with Gasteiger partial charge >= 0.3 is 0 Å². The van der Waals surface area contributed by atoms with Crippen molar-refractivity contribution < 1.29 is 4.79 Å². The van der Waals surface area contributed by atoms with Crippen LogP contribution in [0.25, 0.3) is 0 Å². The van der Waals surface area contributed by atoms with E-state index in [9.17, 15) is 4.79 Å². The van der Waals surface area contributed by atoms with E-state index in [4.69, 9.17) is 0 Å². The molecule has 128 valence electrons. The van der Waals surface area contributed by atoms with Gasteiger partial charge in [-0.15, -0.1) is 0 Å². The van der Waals surface area contributed by atoms with Crippen LogP contribution >= 0.6 is 0 Å². The van der Waals surface area contributed by atoms with Gasteiger partial charge in [0.1, 0.15) is 5.69 Å². The van der Waals surface area contributed by atoms with Crippen LogP contribution in [-0.4, -0.2) is 24.0 Å². The largest absolute Gasteiger partial charge is 0.367 e. The maximum Gasteiger partial charge on any atom is 0.269 e. The van der Waals surface area contributed by atoms with Gasteiger partial charge in [0.05, 0.1) is 0 Å². The molecule has 1 amide bonds. The summed E-state index contributed by atoms with van der Waals surface area (Å²) in [6.07, 6.45) is 5.00. The Hall–Kier alpha value is -2.36. The van der Waals surface area contributed by atoms with Crippen molar-refractivity contribution >= 4 is 11.6 Å². The molecule has 0 aliphatic rings. The molecule has 24 heavy (non-hydrogen) atoms. The molecule has 0 saturated heterocycles. The van der Waals surface area contributed by atoms with E-state index in [1.54, 1.807) is 6.20 Å². The van der Waals surface area contributed by atoms with Gasteiger partial charge in [-0.1, -0.05) is 50.1 Å². The lowest BCUT2D eigenvalue weighted by atomic mass is 10.2. The SMILES string of the molecule is CCCCCNC(=O)c1cc(N(CC)Cc2ccccc2)ccn1. The molecule has 0 atom stereocenters. The number of hydrogen-bond acceptors (Lipinski definition) is 3. The van der Waals surface area contributed by atoms with Crippen LogP contribution in [0, 0.1) is 0 Å². The number of nitrogens with zero attached hydrogens (tertiary/aromatic N) is 2. The molecule has 2 rings (SSSR count). The van der Waals surface area contributed by atoms with Gasteiger partial charge < -0.3 is 10.2 Å². The fourth-order valence-corrected chi connectivity index (χ4v) is 2.60. The monoisotopic (exact) mass is 325 g/mol. The lowest BCUT2D eigenvalue weighted by molar-refractivity contribution is 0.0948. The second-order valence-electron chi connectivity index (χ2n) is 5.86. The summed E-state index contributed by atoms with van der Waals surface area (Å²) in [4.78, 5) is 18.7. The van der Waals surface area contributed by atoms with E-state index < -0.39 is 0 Å². The summed E-state index contributed by atoms with van der Waals surface area (Å²) < 4.78 is 0. The van der Waals surface area contributed by atoms with Crippen molar-refractivity contribution in [2.45, 2.75) is 39.7 Å². The van der Waals surface area contributed by atoms with E-state index >= 15 is 0 Å². The second kappa shape index (κ2) is 9.71. The molecule has 1 aromatic heterocycles. The number of benzene rings is 1. The molecule has 2 aromatic rings. The molecule has 4 nitrogen and oxygen atoms in total. The highest BCUT2D eigenvalue weighted by Gasteiger charge is 2.11. The van der Waals surface area contributed by atoms with Crippen molar-refractivity contribution in [1.82, 2.24) is 10.3 Å². The summed E-state index contributed by atoms with van der Waals surface area (Å²) in [6.45, 7) is 6.67. The van der Waals surface area contributed by atoms with Gasteiger partial charge in [0.15, 0.2) is 0 Å². The predicted octanol–water partition coefficient (Wildman–Crippen LogP) is 4.03. The fraction of sp³-hybridized carbons (Fsp3) is 0.400. The Bertz CT molecular complexity index is 628. The number of anilines is 1. The van der Waals surface area contributed by atoms with Crippen LogP contribution in [0.15, 0.2) is 48.7 Å². The fourth-order valence-electron chi connectivity index (χ4n) is 2.60. The normalized spacial score (nSPS) is 10.4. The molecule has 1 N–H and O–H groups in total. The molecule has 0 spiro atoms. The Balaban J connectivity index is 2.03. The summed E-state index contributed by atoms with van der Waals surface area (Å²) in [5.41, 5.74) is 2.76. The van der Waals surface area contributed by atoms with Gasteiger partial charge in [-0.3, -0.25) is 9.78 Å². The van der Waals surface area contributed by atoms with Crippen LogP contribution < -0.4 is 10.2 Å². The Labute approximate surface area is 144 Å². The van der Waals surface area contributed by atoms with Gasteiger partial charge in [0.25, 0.3) is 5.91 Å². The summed E-state index contributed by atoms with van der Waals surface area (Å²) in [5.74, 6) is -0.0938. The van der Waals surface area contributed by atoms with Crippen molar-refractivity contribution in [3.63, 3.8) is 0 Å². The molecule has 0 aliphatic carbocycles. The zero-order valence-electron chi connectivity index (χ0n) is 14.7. The van der Waals surface area contributed by atoms with E-state index in [1.165, 1.54) is 5.56 Å². The van der Waals surface area contributed by atoms with Crippen molar-refractivity contribution in [3.05, 3.63) is 59.9 Å². The number of carbonyl (C=O) groups excluding carboxylic acids is 1. The van der Waals surface area contributed by atoms with Crippen molar-refractivity contribution in [2.24, 2.45) is 0 Å². The third-order valence-electron chi connectivity index (χ3n) is 4.01. The minimum Gasteiger partial charge on any atom is -0.367 e. The number of unbranched alkanes of at least 4 members (excludes halogenated alkanes) is 2. The maximum atomic E-state index is 12.2. The van der Waals surface area contributed by atoms with Crippen molar-refractivity contribution in [2.75, 3.05) is 18.0 Å². The highest BCUT2D eigenvalue weighted by Crippen LogP contribution is 2.17. The molecule has 1 aromatic carbocycles. The quantitative estimate of drug-likeness (QED) is 0.708. The van der Waals surface area contributed by atoms with Crippen LogP contribution in [0.1, 0.15) is 49.2 Å². The molecule has 0 bridgehead atoms. The molecule has 0 unspecified atom stereocenters. The third-order valence-corrected chi connectivity index (χ3v) is 4.01. The molecule has 0 radical (unpaired) electrons. The highest BCUT2D eigenvalue weighted by atomic mass is 16.1. The number of carbonyl (C=O) groups is 1. The minimum atomic E-state index is -0.0938. The number of amides is 1. The topological polar surface area (TPSA) is 45.2 Å². The van der Waals surface area contributed by atoms with Gasteiger partial charge in [0, 0.05) is 31.5 Å². The molecular formula is C20H27N3O. The summed E-state index contributed by atoms with van der Waals surface area (Å²) in [5, 5.41) is 2.95. The van der Waals surface area contributed by atoms with Crippen LogP contribution in [0.4, 0.5) is 5.69 Å². The van der Waals surface area contributed by atoms with Crippen LogP contribution in [0.3, 0.4) is 0 Å². The predicted molar refractivity (Wildman–Crippen MR) is 99.3 cm³/mol. The van der Waals surface area contributed by atoms with Crippen LogP contribution in [-0.2, 0) is 6.54 Å². The average molecular weight is 325 g/mol. The molecule has 1 heterocycles. The average Bonchev–Trinajstić information content (AvgIpc) is 2.64. The lowest BCUT2D eigenvalue weighted by Gasteiger charge is -2.23. The van der Waals surface area contributed by atoms with E-state index in [-0.39, 0.29) is 5.91 Å². The van der Waals surface area contributed by atoms with Crippen LogP contribution in [0.5, 0.6) is 0 Å². The van der Waals surface area contributed by atoms with E-state index in [1.807, 2.05) is 30.3 Å². The first-order valence-corrected chi connectivity index (χ1v) is 8.77. The third kappa shape index (κ3) is 5.37.